The van der Waals surface area contributed by atoms with E-state index in [-0.39, 0.29) is 0 Å². The second-order valence-electron chi connectivity index (χ2n) is 5.63. The van der Waals surface area contributed by atoms with Crippen LogP contribution in [-0.4, -0.2) is 38.2 Å². The van der Waals surface area contributed by atoms with Crippen LogP contribution in [0.2, 0.25) is 0 Å². The second kappa shape index (κ2) is 5.39. The van der Waals surface area contributed by atoms with Crippen molar-refractivity contribution in [3.63, 3.8) is 0 Å². The zero-order chi connectivity index (χ0) is 12.4. The van der Waals surface area contributed by atoms with Crippen molar-refractivity contribution < 1.29 is 4.74 Å². The molecule has 2 fully saturated rings. The number of nitrogens with zero attached hydrogens (tertiary/aromatic N) is 1. The molecule has 3 heteroatoms. The van der Waals surface area contributed by atoms with Gasteiger partial charge in [0.25, 0.3) is 0 Å². The number of benzene rings is 1. The molecule has 0 aromatic heterocycles. The average molecular weight is 246 g/mol. The number of fused-ring (bicyclic) bond motifs is 1. The van der Waals surface area contributed by atoms with E-state index in [4.69, 9.17) is 4.74 Å². The van der Waals surface area contributed by atoms with E-state index in [0.717, 1.165) is 18.4 Å². The summed E-state index contributed by atoms with van der Waals surface area (Å²) in [7, 11) is 1.75. The Morgan fingerprint density at radius 3 is 2.67 bits per heavy atom. The molecule has 0 saturated carbocycles. The molecule has 1 N–H and O–H groups in total. The van der Waals surface area contributed by atoms with Crippen LogP contribution in [0.1, 0.15) is 11.1 Å². The first-order chi connectivity index (χ1) is 8.85. The van der Waals surface area contributed by atoms with Crippen molar-refractivity contribution in [2.75, 3.05) is 33.3 Å². The number of nitrogens with one attached hydrogen (secondary N) is 1. The number of methoxy groups -OCH3 is 1. The Morgan fingerprint density at radius 1 is 1.22 bits per heavy atom. The van der Waals surface area contributed by atoms with Crippen molar-refractivity contribution >= 4 is 0 Å². The zero-order valence-corrected chi connectivity index (χ0v) is 11.1. The summed E-state index contributed by atoms with van der Waals surface area (Å²) in [4.78, 5) is 2.60. The Hall–Kier alpha value is -0.900. The SMILES string of the molecule is COCc1cccc(CN2C[C@H]3CNC[C@H]3C2)c1. The fourth-order valence-corrected chi connectivity index (χ4v) is 3.32. The quantitative estimate of drug-likeness (QED) is 0.871. The van der Waals surface area contributed by atoms with Crippen molar-refractivity contribution in [3.8, 4) is 0 Å². The van der Waals surface area contributed by atoms with Crippen LogP contribution in [0.5, 0.6) is 0 Å². The minimum atomic E-state index is 0.711. The van der Waals surface area contributed by atoms with E-state index in [0.29, 0.717) is 6.61 Å². The molecule has 0 bridgehead atoms. The molecular weight excluding hydrogens is 224 g/mol. The van der Waals surface area contributed by atoms with Crippen LogP contribution in [0.3, 0.4) is 0 Å². The van der Waals surface area contributed by atoms with Gasteiger partial charge in [0.1, 0.15) is 0 Å². The Kier molecular flexibility index (Phi) is 3.64. The van der Waals surface area contributed by atoms with Crippen LogP contribution < -0.4 is 5.32 Å². The summed E-state index contributed by atoms with van der Waals surface area (Å²) in [5.74, 6) is 1.76. The third kappa shape index (κ3) is 2.58. The van der Waals surface area contributed by atoms with Crippen molar-refractivity contribution in [1.82, 2.24) is 10.2 Å². The molecule has 3 rings (SSSR count). The number of hydrogen-bond donors (Lipinski definition) is 1. The smallest absolute Gasteiger partial charge is 0.0713 e. The van der Waals surface area contributed by atoms with Gasteiger partial charge in [-0.2, -0.15) is 0 Å². The van der Waals surface area contributed by atoms with Gasteiger partial charge in [0.05, 0.1) is 6.61 Å². The highest BCUT2D eigenvalue weighted by atomic mass is 16.5. The average Bonchev–Trinajstić information content (AvgIpc) is 2.90. The maximum absolute atomic E-state index is 5.19. The molecule has 98 valence electrons. The van der Waals surface area contributed by atoms with Crippen molar-refractivity contribution in [2.24, 2.45) is 11.8 Å². The van der Waals surface area contributed by atoms with Crippen LogP contribution in [-0.2, 0) is 17.9 Å². The number of hydrogen-bond acceptors (Lipinski definition) is 3. The molecule has 2 atom stereocenters. The maximum atomic E-state index is 5.19. The lowest BCUT2D eigenvalue weighted by Gasteiger charge is -2.17. The third-order valence-electron chi connectivity index (χ3n) is 4.17. The van der Waals surface area contributed by atoms with Gasteiger partial charge in [0, 0.05) is 26.7 Å². The molecule has 0 radical (unpaired) electrons. The number of likely N-dealkylation sites (tertiary alicyclic amines) is 1. The van der Waals surface area contributed by atoms with E-state index in [1.807, 2.05) is 0 Å². The lowest BCUT2D eigenvalue weighted by Crippen LogP contribution is -2.25. The predicted octanol–water partition coefficient (Wildman–Crippen LogP) is 1.48. The van der Waals surface area contributed by atoms with Gasteiger partial charge in [-0.1, -0.05) is 24.3 Å². The second-order valence-corrected chi connectivity index (χ2v) is 5.63. The number of ether oxygens (including phenoxy) is 1. The summed E-state index contributed by atoms with van der Waals surface area (Å²) in [6.45, 7) is 6.74. The number of rotatable bonds is 4. The molecule has 1 aromatic carbocycles. The topological polar surface area (TPSA) is 24.5 Å². The van der Waals surface area contributed by atoms with Gasteiger partial charge in [-0.3, -0.25) is 4.90 Å². The van der Waals surface area contributed by atoms with Gasteiger partial charge in [-0.05, 0) is 36.1 Å². The first-order valence-corrected chi connectivity index (χ1v) is 6.85. The van der Waals surface area contributed by atoms with Gasteiger partial charge in [-0.15, -0.1) is 0 Å². The lowest BCUT2D eigenvalue weighted by molar-refractivity contribution is 0.184. The Morgan fingerprint density at radius 2 is 1.94 bits per heavy atom. The van der Waals surface area contributed by atoms with Gasteiger partial charge in [0.15, 0.2) is 0 Å². The van der Waals surface area contributed by atoms with Gasteiger partial charge >= 0.3 is 0 Å². The van der Waals surface area contributed by atoms with Crippen LogP contribution in [0.15, 0.2) is 24.3 Å². The molecular formula is C15H22N2O. The third-order valence-corrected chi connectivity index (χ3v) is 4.17. The largest absolute Gasteiger partial charge is 0.380 e. The predicted molar refractivity (Wildman–Crippen MR) is 72.3 cm³/mol. The molecule has 0 spiro atoms. The molecule has 3 nitrogen and oxygen atoms in total. The standard InChI is InChI=1S/C15H22N2O/c1-18-11-13-4-2-3-12(5-13)8-17-9-14-6-16-7-15(14)10-17/h2-5,14-16H,6-11H2,1H3/t14-,15+. The Balaban J connectivity index is 1.61. The van der Waals surface area contributed by atoms with Gasteiger partial charge in [-0.25, -0.2) is 0 Å². The van der Waals surface area contributed by atoms with Crippen molar-refractivity contribution in [2.45, 2.75) is 13.2 Å². The molecule has 2 aliphatic rings. The van der Waals surface area contributed by atoms with Crippen LogP contribution in [0.4, 0.5) is 0 Å². The monoisotopic (exact) mass is 246 g/mol. The lowest BCUT2D eigenvalue weighted by atomic mass is 10.0. The minimum absolute atomic E-state index is 0.711. The van der Waals surface area contributed by atoms with E-state index in [9.17, 15) is 0 Å². The van der Waals surface area contributed by atoms with Gasteiger partial charge < -0.3 is 10.1 Å². The molecule has 18 heavy (non-hydrogen) atoms. The zero-order valence-electron chi connectivity index (χ0n) is 11.1. The summed E-state index contributed by atoms with van der Waals surface area (Å²) in [5, 5.41) is 3.49. The molecule has 2 aliphatic heterocycles. The summed E-state index contributed by atoms with van der Waals surface area (Å²) in [6, 6.07) is 8.78. The highest BCUT2D eigenvalue weighted by molar-refractivity contribution is 5.23. The van der Waals surface area contributed by atoms with E-state index < -0.39 is 0 Å². The maximum Gasteiger partial charge on any atom is 0.0713 e. The van der Waals surface area contributed by atoms with Crippen LogP contribution in [0.25, 0.3) is 0 Å². The molecule has 0 amide bonds. The van der Waals surface area contributed by atoms with Crippen LogP contribution in [0, 0.1) is 11.8 Å². The van der Waals surface area contributed by atoms with E-state index in [1.165, 1.54) is 37.3 Å². The van der Waals surface area contributed by atoms with Crippen LogP contribution >= 0.6 is 0 Å². The Labute approximate surface area is 109 Å². The van der Waals surface area contributed by atoms with E-state index in [2.05, 4.69) is 34.5 Å². The van der Waals surface area contributed by atoms with E-state index in [1.54, 1.807) is 7.11 Å². The summed E-state index contributed by atoms with van der Waals surface area (Å²) in [5.41, 5.74) is 2.69. The van der Waals surface area contributed by atoms with E-state index >= 15 is 0 Å². The highest BCUT2D eigenvalue weighted by Gasteiger charge is 2.35. The Bertz CT molecular complexity index is 395. The molecule has 0 unspecified atom stereocenters. The molecule has 1 aromatic rings. The van der Waals surface area contributed by atoms with Crippen molar-refractivity contribution in [1.29, 1.82) is 0 Å². The summed E-state index contributed by atoms with van der Waals surface area (Å²) in [6.07, 6.45) is 0. The first kappa shape index (κ1) is 12.2. The fourth-order valence-electron chi connectivity index (χ4n) is 3.32. The minimum Gasteiger partial charge on any atom is -0.380 e. The summed E-state index contributed by atoms with van der Waals surface area (Å²) >= 11 is 0. The summed E-state index contributed by atoms with van der Waals surface area (Å²) < 4.78 is 5.19. The fraction of sp³-hybridized carbons (Fsp3) is 0.600. The normalized spacial score (nSPS) is 27.6. The highest BCUT2D eigenvalue weighted by Crippen LogP contribution is 2.27. The first-order valence-electron chi connectivity index (χ1n) is 6.85. The molecule has 2 heterocycles. The van der Waals surface area contributed by atoms with Crippen molar-refractivity contribution in [3.05, 3.63) is 35.4 Å². The molecule has 0 aliphatic carbocycles. The molecule has 2 saturated heterocycles. The van der Waals surface area contributed by atoms with Gasteiger partial charge in [0.2, 0.25) is 0 Å².